The first kappa shape index (κ1) is 25.7. The van der Waals surface area contributed by atoms with Crippen LogP contribution in [0.25, 0.3) is 33.1 Å². The predicted octanol–water partition coefficient (Wildman–Crippen LogP) is 3.70. The van der Waals surface area contributed by atoms with Crippen molar-refractivity contribution in [1.82, 2.24) is 14.9 Å². The first-order valence-corrected chi connectivity index (χ1v) is 12.6. The molecule has 13 heteroatoms. The summed E-state index contributed by atoms with van der Waals surface area (Å²) in [5.41, 5.74) is 4.74. The molecule has 2 fully saturated rings. The fourth-order valence-corrected chi connectivity index (χ4v) is 5.43. The van der Waals surface area contributed by atoms with Crippen LogP contribution in [0.15, 0.2) is 33.5 Å². The molecular weight excluding hydrogens is 528 g/mol. The highest BCUT2D eigenvalue weighted by atomic mass is 19.1. The van der Waals surface area contributed by atoms with Crippen molar-refractivity contribution in [3.63, 3.8) is 0 Å². The number of pyridine rings is 1. The summed E-state index contributed by atoms with van der Waals surface area (Å²) in [5, 5.41) is 12.1. The number of halogens is 2. The standard InChI is InChI=1S/C27H25F2N5O6/c1-12-14(16-9-18(29)19(30)10-17(16)28)5-6-15-21(12)34(13-3-4-13)23(35)20-22(15)40-25(31-20)33(2)24(36)27(32-26(37)38)7-8-39-11-27/h5-6,9-10,13,32H,3-4,7-8,11,30H2,1-2H3,(H,37,38). The number of carboxylic acid groups (broad SMARTS) is 1. The van der Waals surface area contributed by atoms with Gasteiger partial charge in [0.15, 0.2) is 11.1 Å². The third-order valence-electron chi connectivity index (χ3n) is 7.61. The molecule has 1 saturated carbocycles. The lowest BCUT2D eigenvalue weighted by Gasteiger charge is -2.29. The van der Waals surface area contributed by atoms with Gasteiger partial charge in [0.1, 0.15) is 17.2 Å². The topological polar surface area (TPSA) is 153 Å². The third kappa shape index (κ3) is 3.87. The van der Waals surface area contributed by atoms with Crippen LogP contribution in [-0.2, 0) is 9.53 Å². The van der Waals surface area contributed by atoms with Crippen molar-refractivity contribution in [1.29, 1.82) is 0 Å². The summed E-state index contributed by atoms with van der Waals surface area (Å²) in [6, 6.07) is 4.88. The van der Waals surface area contributed by atoms with Crippen LogP contribution >= 0.6 is 0 Å². The van der Waals surface area contributed by atoms with Crippen molar-refractivity contribution in [2.24, 2.45) is 0 Å². The van der Waals surface area contributed by atoms with Crippen LogP contribution in [0.5, 0.6) is 0 Å². The summed E-state index contributed by atoms with van der Waals surface area (Å²) < 4.78 is 42.0. The molecule has 2 amide bonds. The predicted molar refractivity (Wildman–Crippen MR) is 141 cm³/mol. The van der Waals surface area contributed by atoms with Crippen LogP contribution in [0, 0.1) is 18.6 Å². The number of hydrogen-bond donors (Lipinski definition) is 3. The van der Waals surface area contributed by atoms with Gasteiger partial charge in [-0.3, -0.25) is 14.5 Å². The SMILES string of the molecule is Cc1c(-c2cc(F)c(N)cc2F)ccc2c3oc(N(C)C(=O)C4(NC(=O)O)CCOC4)nc3c(=O)n(C3CC3)c12. The Morgan fingerprint density at radius 1 is 1.23 bits per heavy atom. The van der Waals surface area contributed by atoms with Gasteiger partial charge in [-0.2, -0.15) is 4.98 Å². The first-order valence-electron chi connectivity index (χ1n) is 12.6. The van der Waals surface area contributed by atoms with Gasteiger partial charge in [-0.25, -0.2) is 13.6 Å². The number of aryl methyl sites for hydroxylation is 1. The zero-order valence-electron chi connectivity index (χ0n) is 21.6. The molecular formula is C27H25F2N5O6. The monoisotopic (exact) mass is 553 g/mol. The number of likely N-dealkylation sites (N-methyl/N-ethyl adjacent to an activating group) is 1. The quantitative estimate of drug-likeness (QED) is 0.316. The van der Waals surface area contributed by atoms with Crippen molar-refractivity contribution in [2.75, 3.05) is 30.9 Å². The van der Waals surface area contributed by atoms with Crippen molar-refractivity contribution >= 4 is 45.7 Å². The van der Waals surface area contributed by atoms with E-state index in [4.69, 9.17) is 14.9 Å². The van der Waals surface area contributed by atoms with E-state index < -0.39 is 34.7 Å². The van der Waals surface area contributed by atoms with Gasteiger partial charge < -0.3 is 29.9 Å². The number of carbonyl (C=O) groups is 2. The maximum Gasteiger partial charge on any atom is 0.405 e. The van der Waals surface area contributed by atoms with Crippen LogP contribution in [0.3, 0.4) is 0 Å². The van der Waals surface area contributed by atoms with E-state index in [1.807, 2.05) is 0 Å². The highest BCUT2D eigenvalue weighted by Gasteiger charge is 2.46. The number of aromatic nitrogens is 2. The summed E-state index contributed by atoms with van der Waals surface area (Å²) in [6.07, 6.45) is 0.236. The van der Waals surface area contributed by atoms with Crippen LogP contribution in [0.2, 0.25) is 0 Å². The summed E-state index contributed by atoms with van der Waals surface area (Å²) in [7, 11) is 1.38. The second kappa shape index (κ2) is 9.01. The van der Waals surface area contributed by atoms with Crippen LogP contribution < -0.4 is 21.5 Å². The molecule has 1 saturated heterocycles. The molecule has 4 N–H and O–H groups in total. The van der Waals surface area contributed by atoms with E-state index in [2.05, 4.69) is 10.3 Å². The van der Waals surface area contributed by atoms with Crippen molar-refractivity contribution in [3.05, 3.63) is 51.8 Å². The number of rotatable bonds is 5. The number of amides is 2. The van der Waals surface area contributed by atoms with Gasteiger partial charge in [0.25, 0.3) is 11.5 Å². The first-order chi connectivity index (χ1) is 19.0. The van der Waals surface area contributed by atoms with Crippen molar-refractivity contribution < 1.29 is 32.6 Å². The van der Waals surface area contributed by atoms with E-state index in [0.29, 0.717) is 22.0 Å². The number of ether oxygens (including phenoxy) is 1. The average Bonchev–Trinajstić information content (AvgIpc) is 3.45. The minimum atomic E-state index is -1.53. The lowest BCUT2D eigenvalue weighted by Crippen LogP contribution is -2.59. The number of carbonyl (C=O) groups excluding carboxylic acids is 1. The minimum absolute atomic E-state index is 0.000377. The Kier molecular flexibility index (Phi) is 5.80. The molecule has 1 aliphatic heterocycles. The van der Waals surface area contributed by atoms with Gasteiger partial charge in [-0.1, -0.05) is 6.07 Å². The third-order valence-corrected chi connectivity index (χ3v) is 7.61. The van der Waals surface area contributed by atoms with Gasteiger partial charge in [0.2, 0.25) is 0 Å². The van der Waals surface area contributed by atoms with Crippen LogP contribution in [-0.4, -0.2) is 52.5 Å². The number of anilines is 2. The van der Waals surface area contributed by atoms with Crippen LogP contribution in [0.1, 0.15) is 30.9 Å². The zero-order valence-corrected chi connectivity index (χ0v) is 21.6. The van der Waals surface area contributed by atoms with Gasteiger partial charge in [-0.15, -0.1) is 0 Å². The summed E-state index contributed by atoms with van der Waals surface area (Å²) in [4.78, 5) is 44.0. The molecule has 3 heterocycles. The Hall–Kier alpha value is -4.52. The molecule has 2 aliphatic rings. The van der Waals surface area contributed by atoms with Gasteiger partial charge >= 0.3 is 12.1 Å². The number of nitrogens with zero attached hydrogens (tertiary/aromatic N) is 3. The number of nitrogens with one attached hydrogen (secondary N) is 1. The molecule has 1 aliphatic carbocycles. The molecule has 2 aromatic heterocycles. The molecule has 4 aromatic rings. The van der Waals surface area contributed by atoms with E-state index in [9.17, 15) is 28.3 Å². The smallest absolute Gasteiger partial charge is 0.405 e. The molecule has 40 heavy (non-hydrogen) atoms. The number of nitrogen functional groups attached to an aromatic ring is 1. The Morgan fingerprint density at radius 2 is 1.98 bits per heavy atom. The van der Waals surface area contributed by atoms with Gasteiger partial charge in [-0.05, 0) is 43.0 Å². The fourth-order valence-electron chi connectivity index (χ4n) is 5.43. The van der Waals surface area contributed by atoms with Crippen LogP contribution in [0.4, 0.5) is 25.3 Å². The molecule has 11 nitrogen and oxygen atoms in total. The molecule has 0 spiro atoms. The zero-order chi connectivity index (χ0) is 28.5. The molecule has 0 radical (unpaired) electrons. The van der Waals surface area contributed by atoms with E-state index in [1.54, 1.807) is 23.6 Å². The number of oxazole rings is 1. The van der Waals surface area contributed by atoms with E-state index >= 15 is 0 Å². The summed E-state index contributed by atoms with van der Waals surface area (Å²) in [5.74, 6) is -2.11. The van der Waals surface area contributed by atoms with Crippen molar-refractivity contribution in [2.45, 2.75) is 37.8 Å². The second-order valence-corrected chi connectivity index (χ2v) is 10.2. The van der Waals surface area contributed by atoms with E-state index in [0.717, 1.165) is 29.9 Å². The molecule has 208 valence electrons. The lowest BCUT2D eigenvalue weighted by molar-refractivity contribution is -0.124. The minimum Gasteiger partial charge on any atom is -0.465 e. The summed E-state index contributed by atoms with van der Waals surface area (Å²) >= 11 is 0. The molecule has 1 atom stereocenters. The Balaban J connectivity index is 1.53. The molecule has 1 unspecified atom stereocenters. The number of benzene rings is 2. The van der Waals surface area contributed by atoms with Gasteiger partial charge in [0.05, 0.1) is 17.8 Å². The Labute approximate surface area is 225 Å². The number of fused-ring (bicyclic) bond motifs is 3. The molecule has 6 rings (SSSR count). The normalized spacial score (nSPS) is 18.9. The highest BCUT2D eigenvalue weighted by Crippen LogP contribution is 2.41. The maximum absolute atomic E-state index is 14.9. The molecule has 0 bridgehead atoms. The van der Waals surface area contributed by atoms with Crippen molar-refractivity contribution in [3.8, 4) is 11.1 Å². The Morgan fingerprint density at radius 3 is 2.62 bits per heavy atom. The Bertz CT molecular complexity index is 1790. The lowest BCUT2D eigenvalue weighted by atomic mass is 9.96. The van der Waals surface area contributed by atoms with Gasteiger partial charge in [0, 0.05) is 43.1 Å². The van der Waals surface area contributed by atoms with E-state index in [1.165, 1.54) is 7.05 Å². The highest BCUT2D eigenvalue weighted by molar-refractivity contribution is 6.06. The van der Waals surface area contributed by atoms with E-state index in [-0.39, 0.29) is 54.0 Å². The number of hydrogen-bond acceptors (Lipinski definition) is 7. The fraction of sp³-hybridized carbons (Fsp3) is 0.333. The largest absolute Gasteiger partial charge is 0.465 e. The average molecular weight is 554 g/mol. The summed E-state index contributed by atoms with van der Waals surface area (Å²) in [6.45, 7) is 1.73. The molecule has 2 aromatic carbocycles. The second-order valence-electron chi connectivity index (χ2n) is 10.2. The number of nitrogens with two attached hydrogens (primary N) is 1. The maximum atomic E-state index is 14.9.